The fourth-order valence-electron chi connectivity index (χ4n) is 3.71. The van der Waals surface area contributed by atoms with Crippen LogP contribution in [-0.2, 0) is 0 Å². The molecule has 0 radical (unpaired) electrons. The van der Waals surface area contributed by atoms with Crippen molar-refractivity contribution in [2.45, 2.75) is 13.8 Å². The first kappa shape index (κ1) is 15.8. The first-order valence-electron chi connectivity index (χ1n) is 8.47. The lowest BCUT2D eigenvalue weighted by Crippen LogP contribution is -1.97. The normalized spacial score (nSPS) is 11.9. The number of fused-ring (bicyclic) bond motifs is 4. The maximum Gasteiger partial charge on any atom is 0.115 e. The molecule has 0 saturated carbocycles. The van der Waals surface area contributed by atoms with E-state index in [1.165, 1.54) is 23.5 Å². The van der Waals surface area contributed by atoms with Crippen molar-refractivity contribution in [2.24, 2.45) is 0 Å². The summed E-state index contributed by atoms with van der Waals surface area (Å²) in [5, 5.41) is 0. The molecule has 0 fully saturated rings. The zero-order chi connectivity index (χ0) is 18.8. The Morgan fingerprint density at radius 3 is 1.25 bits per heavy atom. The highest BCUT2D eigenvalue weighted by atomic mass is 32.1. The lowest BCUT2D eigenvalue weighted by Gasteiger charge is -2.12. The average Bonchev–Trinajstić information content (AvgIpc) is 3.40. The van der Waals surface area contributed by atoms with Crippen LogP contribution in [0.3, 0.4) is 0 Å². The summed E-state index contributed by atoms with van der Waals surface area (Å²) in [6, 6.07) is 0. The van der Waals surface area contributed by atoms with Gasteiger partial charge in [0.05, 0.1) is 45.5 Å². The number of hydrogen-bond donors (Lipinski definition) is 0. The van der Waals surface area contributed by atoms with Crippen LogP contribution < -0.4 is 0 Å². The van der Waals surface area contributed by atoms with E-state index in [9.17, 15) is 0 Å². The zero-order valence-electron chi connectivity index (χ0n) is 14.7. The third-order valence-corrected chi connectivity index (χ3v) is 6.05. The molecule has 0 aliphatic heterocycles. The van der Waals surface area contributed by atoms with Crippen molar-refractivity contribution < 1.29 is 0 Å². The van der Waals surface area contributed by atoms with E-state index < -0.39 is 0 Å². The van der Waals surface area contributed by atoms with Crippen molar-refractivity contribution in [1.29, 1.82) is 0 Å². The van der Waals surface area contributed by atoms with Gasteiger partial charge in [0, 0.05) is 47.0 Å². The fraction of sp³-hybridized carbons (Fsp3) is 0.111. The van der Waals surface area contributed by atoms with Crippen molar-refractivity contribution in [3.63, 3.8) is 0 Å². The molecular formula is C18H10N8S2. The Labute approximate surface area is 166 Å². The van der Waals surface area contributed by atoms with E-state index in [0.29, 0.717) is 0 Å². The van der Waals surface area contributed by atoms with E-state index in [1.54, 1.807) is 24.8 Å². The molecule has 6 rings (SSSR count). The zero-order valence-corrected chi connectivity index (χ0v) is 16.3. The molecule has 10 heteroatoms. The standard InChI is InChI=1S/C18H10N8S2/c1-7-11-15(21-5-3-19-11)9(17-13(7)23-27-25-17)10-16-12(20-4-6-22-16)8(2)14-18(10)26-28-24-14/h3-6H,1-2H3. The van der Waals surface area contributed by atoms with Crippen LogP contribution in [0.2, 0.25) is 0 Å². The van der Waals surface area contributed by atoms with Crippen molar-refractivity contribution >= 4 is 67.6 Å². The second-order valence-corrected chi connectivity index (χ2v) is 7.49. The monoisotopic (exact) mass is 402 g/mol. The van der Waals surface area contributed by atoms with E-state index in [1.807, 2.05) is 13.8 Å². The molecule has 28 heavy (non-hydrogen) atoms. The third-order valence-electron chi connectivity index (χ3n) is 4.99. The highest BCUT2D eigenvalue weighted by Crippen LogP contribution is 2.42. The topological polar surface area (TPSA) is 103 Å². The summed E-state index contributed by atoms with van der Waals surface area (Å²) in [6.45, 7) is 4.00. The number of rotatable bonds is 1. The Hall–Kier alpha value is -3.24. The van der Waals surface area contributed by atoms with Gasteiger partial charge in [-0.05, 0) is 13.8 Å². The van der Waals surface area contributed by atoms with Crippen LogP contribution in [-0.4, -0.2) is 37.4 Å². The van der Waals surface area contributed by atoms with Gasteiger partial charge in [-0.1, -0.05) is 0 Å². The van der Waals surface area contributed by atoms with Gasteiger partial charge in [-0.3, -0.25) is 19.9 Å². The quantitative estimate of drug-likeness (QED) is 0.408. The second kappa shape index (κ2) is 5.63. The molecule has 0 amide bonds. The molecule has 0 aliphatic carbocycles. The highest BCUT2D eigenvalue weighted by molar-refractivity contribution is 7.00. The molecule has 0 aliphatic rings. The summed E-state index contributed by atoms with van der Waals surface area (Å²) >= 11 is 2.35. The summed E-state index contributed by atoms with van der Waals surface area (Å²) in [5.74, 6) is 0. The lowest BCUT2D eigenvalue weighted by molar-refractivity contribution is 1.27. The minimum atomic E-state index is 0.755. The molecule has 0 atom stereocenters. The Bertz CT molecular complexity index is 1430. The Morgan fingerprint density at radius 2 is 0.821 bits per heavy atom. The summed E-state index contributed by atoms with van der Waals surface area (Å²) in [4.78, 5) is 18.4. The molecule has 6 aromatic rings. The smallest absolute Gasteiger partial charge is 0.115 e. The maximum atomic E-state index is 4.65. The van der Waals surface area contributed by atoms with Gasteiger partial charge < -0.3 is 0 Å². The van der Waals surface area contributed by atoms with Gasteiger partial charge in [0.15, 0.2) is 0 Å². The SMILES string of the molecule is Cc1c2nccnc2c(-c2c3nccnc3c(C)c3nsnc23)c2nsnc12. The molecule has 8 nitrogen and oxygen atoms in total. The number of aromatic nitrogens is 8. The predicted molar refractivity (Wildman–Crippen MR) is 109 cm³/mol. The molecule has 0 unspecified atom stereocenters. The van der Waals surface area contributed by atoms with Gasteiger partial charge in [0.25, 0.3) is 0 Å². The van der Waals surface area contributed by atoms with Crippen molar-refractivity contribution in [2.75, 3.05) is 0 Å². The maximum absolute atomic E-state index is 4.65. The van der Waals surface area contributed by atoms with Crippen LogP contribution in [0.15, 0.2) is 24.8 Å². The predicted octanol–water partition coefficient (Wildman–Crippen LogP) is 3.87. The van der Waals surface area contributed by atoms with Crippen LogP contribution in [0.4, 0.5) is 0 Å². The number of hydrogen-bond acceptors (Lipinski definition) is 10. The van der Waals surface area contributed by atoms with Crippen molar-refractivity contribution in [3.05, 3.63) is 35.9 Å². The second-order valence-electron chi connectivity index (χ2n) is 6.43. The molecule has 4 aromatic heterocycles. The molecule has 0 bridgehead atoms. The summed E-state index contributed by atoms with van der Waals surface area (Å²) in [5.41, 5.74) is 9.90. The van der Waals surface area contributed by atoms with Crippen LogP contribution in [0.1, 0.15) is 11.1 Å². The largest absolute Gasteiger partial charge is 0.253 e. The Kier molecular flexibility index (Phi) is 3.17. The summed E-state index contributed by atoms with van der Waals surface area (Å²) in [7, 11) is 0. The first-order valence-corrected chi connectivity index (χ1v) is 9.93. The lowest BCUT2D eigenvalue weighted by atomic mass is 9.95. The van der Waals surface area contributed by atoms with Gasteiger partial charge >= 0.3 is 0 Å². The van der Waals surface area contributed by atoms with Gasteiger partial charge in [-0.15, -0.1) is 0 Å². The number of aryl methyl sites for hydroxylation is 2. The highest BCUT2D eigenvalue weighted by Gasteiger charge is 2.25. The molecule has 0 saturated heterocycles. The Morgan fingerprint density at radius 1 is 0.464 bits per heavy atom. The molecule has 4 heterocycles. The minimum Gasteiger partial charge on any atom is -0.253 e. The fourth-order valence-corrected chi connectivity index (χ4v) is 4.92. The van der Waals surface area contributed by atoms with Gasteiger partial charge in [-0.2, -0.15) is 17.5 Å². The number of benzene rings is 2. The van der Waals surface area contributed by atoms with E-state index in [0.717, 1.165) is 66.4 Å². The van der Waals surface area contributed by atoms with Gasteiger partial charge in [0.1, 0.15) is 22.1 Å². The third kappa shape index (κ3) is 1.93. The average molecular weight is 402 g/mol. The van der Waals surface area contributed by atoms with Crippen LogP contribution in [0.5, 0.6) is 0 Å². The van der Waals surface area contributed by atoms with Crippen molar-refractivity contribution in [3.8, 4) is 11.1 Å². The summed E-state index contributed by atoms with van der Waals surface area (Å²) < 4.78 is 18.2. The van der Waals surface area contributed by atoms with Gasteiger partial charge in [0.2, 0.25) is 0 Å². The van der Waals surface area contributed by atoms with E-state index >= 15 is 0 Å². The molecule has 2 aromatic carbocycles. The number of nitrogens with zero attached hydrogens (tertiary/aromatic N) is 8. The van der Waals surface area contributed by atoms with Crippen LogP contribution in [0, 0.1) is 13.8 Å². The molecular weight excluding hydrogens is 392 g/mol. The van der Waals surface area contributed by atoms with E-state index in [4.69, 9.17) is 0 Å². The van der Waals surface area contributed by atoms with Crippen LogP contribution >= 0.6 is 23.5 Å². The van der Waals surface area contributed by atoms with E-state index in [2.05, 4.69) is 37.4 Å². The summed E-state index contributed by atoms with van der Waals surface area (Å²) in [6.07, 6.45) is 6.76. The van der Waals surface area contributed by atoms with Gasteiger partial charge in [-0.25, -0.2) is 0 Å². The van der Waals surface area contributed by atoms with E-state index in [-0.39, 0.29) is 0 Å². The van der Waals surface area contributed by atoms with Crippen LogP contribution in [0.25, 0.3) is 55.3 Å². The first-order chi connectivity index (χ1) is 13.8. The Balaban J connectivity index is 1.96. The minimum absolute atomic E-state index is 0.755. The molecule has 0 N–H and O–H groups in total. The molecule has 134 valence electrons. The van der Waals surface area contributed by atoms with Crippen molar-refractivity contribution in [1.82, 2.24) is 37.4 Å². The molecule has 0 spiro atoms.